The highest BCUT2D eigenvalue weighted by Crippen LogP contribution is 2.31. The number of amides is 1. The van der Waals surface area contributed by atoms with Crippen LogP contribution in [0.3, 0.4) is 0 Å². The number of aryl methyl sites for hydroxylation is 1. The molecule has 0 radical (unpaired) electrons. The van der Waals surface area contributed by atoms with E-state index in [4.69, 9.17) is 0 Å². The standard InChI is InChI=1S/C20H24N2O3S2/c23-20(21-18-10-3-7-15-6-1-2-9-17(15)18)16-8-4-12-22(14-16)27(24,25)19-11-5-13-26-19/h1-2,5-6,9,11,13,16,18H,3-4,7-8,10,12,14H2,(H,21,23)/t16-,18-/m1/s1. The number of fused-ring (bicyclic) bond motifs is 1. The normalized spacial score (nSPS) is 23.6. The first-order valence-corrected chi connectivity index (χ1v) is 11.8. The average Bonchev–Trinajstić information content (AvgIpc) is 3.24. The lowest BCUT2D eigenvalue weighted by Gasteiger charge is -2.33. The van der Waals surface area contributed by atoms with Gasteiger partial charge in [-0.05, 0) is 54.7 Å². The molecule has 1 N–H and O–H groups in total. The molecule has 4 rings (SSSR count). The molecule has 5 nitrogen and oxygen atoms in total. The van der Waals surface area contributed by atoms with Crippen molar-refractivity contribution in [3.8, 4) is 0 Å². The summed E-state index contributed by atoms with van der Waals surface area (Å²) in [7, 11) is -3.50. The SMILES string of the molecule is O=C(N[C@@H]1CCCc2ccccc21)[C@@H]1CCCN(S(=O)(=O)c2cccs2)C1. The van der Waals surface area contributed by atoms with Gasteiger partial charge in [-0.15, -0.1) is 11.3 Å². The Labute approximate surface area is 164 Å². The van der Waals surface area contributed by atoms with Crippen molar-refractivity contribution in [2.45, 2.75) is 42.4 Å². The highest BCUT2D eigenvalue weighted by atomic mass is 32.2. The van der Waals surface area contributed by atoms with Crippen molar-refractivity contribution in [3.05, 3.63) is 52.9 Å². The zero-order chi connectivity index (χ0) is 18.9. The van der Waals surface area contributed by atoms with E-state index in [2.05, 4.69) is 17.4 Å². The highest BCUT2D eigenvalue weighted by Gasteiger charge is 2.34. The zero-order valence-electron chi connectivity index (χ0n) is 15.1. The lowest BCUT2D eigenvalue weighted by Crippen LogP contribution is -2.46. The van der Waals surface area contributed by atoms with Crippen molar-refractivity contribution in [1.82, 2.24) is 9.62 Å². The van der Waals surface area contributed by atoms with Gasteiger partial charge in [-0.3, -0.25) is 4.79 Å². The number of carbonyl (C=O) groups excluding carboxylic acids is 1. The van der Waals surface area contributed by atoms with Crippen LogP contribution in [0.15, 0.2) is 46.0 Å². The van der Waals surface area contributed by atoms with Crippen LogP contribution in [0.4, 0.5) is 0 Å². The Morgan fingerprint density at radius 1 is 1.11 bits per heavy atom. The molecule has 2 heterocycles. The van der Waals surface area contributed by atoms with Crippen LogP contribution >= 0.6 is 11.3 Å². The van der Waals surface area contributed by atoms with Crippen molar-refractivity contribution in [1.29, 1.82) is 0 Å². The molecule has 27 heavy (non-hydrogen) atoms. The molecule has 1 saturated heterocycles. The Morgan fingerprint density at radius 2 is 1.96 bits per heavy atom. The van der Waals surface area contributed by atoms with E-state index in [9.17, 15) is 13.2 Å². The minimum Gasteiger partial charge on any atom is -0.349 e. The van der Waals surface area contributed by atoms with Gasteiger partial charge in [0.05, 0.1) is 12.0 Å². The minimum atomic E-state index is -3.50. The molecule has 0 unspecified atom stereocenters. The Balaban J connectivity index is 1.46. The molecule has 1 fully saturated rings. The van der Waals surface area contributed by atoms with E-state index in [1.165, 1.54) is 26.8 Å². The third-order valence-electron chi connectivity index (χ3n) is 5.53. The summed E-state index contributed by atoms with van der Waals surface area (Å²) in [5, 5.41) is 4.96. The maximum Gasteiger partial charge on any atom is 0.252 e. The van der Waals surface area contributed by atoms with E-state index >= 15 is 0 Å². The Morgan fingerprint density at radius 3 is 2.78 bits per heavy atom. The molecular weight excluding hydrogens is 380 g/mol. The summed E-state index contributed by atoms with van der Waals surface area (Å²) in [5.41, 5.74) is 2.51. The third-order valence-corrected chi connectivity index (χ3v) is 8.77. The summed E-state index contributed by atoms with van der Waals surface area (Å²) in [4.78, 5) is 12.9. The van der Waals surface area contributed by atoms with E-state index in [-0.39, 0.29) is 24.4 Å². The third kappa shape index (κ3) is 3.81. The number of nitrogens with zero attached hydrogens (tertiary/aromatic N) is 1. The molecule has 1 aromatic carbocycles. The predicted octanol–water partition coefficient (Wildman–Crippen LogP) is 3.34. The monoisotopic (exact) mass is 404 g/mol. The van der Waals surface area contributed by atoms with Gasteiger partial charge in [0.15, 0.2) is 0 Å². The van der Waals surface area contributed by atoms with Crippen molar-refractivity contribution in [3.63, 3.8) is 0 Å². The highest BCUT2D eigenvalue weighted by molar-refractivity contribution is 7.91. The quantitative estimate of drug-likeness (QED) is 0.850. The second-order valence-corrected chi connectivity index (χ2v) is 10.4. The van der Waals surface area contributed by atoms with Crippen LogP contribution in [-0.2, 0) is 21.2 Å². The van der Waals surface area contributed by atoms with E-state index < -0.39 is 10.0 Å². The van der Waals surface area contributed by atoms with Gasteiger partial charge in [-0.2, -0.15) is 4.31 Å². The van der Waals surface area contributed by atoms with Crippen molar-refractivity contribution >= 4 is 27.3 Å². The summed E-state index contributed by atoms with van der Waals surface area (Å²) >= 11 is 1.22. The molecule has 2 aliphatic rings. The van der Waals surface area contributed by atoms with Gasteiger partial charge in [-0.25, -0.2) is 8.42 Å². The maximum absolute atomic E-state index is 12.9. The number of thiophene rings is 1. The van der Waals surface area contributed by atoms with Gasteiger partial charge in [-0.1, -0.05) is 30.3 Å². The second-order valence-electron chi connectivity index (χ2n) is 7.29. The molecule has 0 spiro atoms. The van der Waals surface area contributed by atoms with Gasteiger partial charge >= 0.3 is 0 Å². The number of nitrogens with one attached hydrogen (secondary N) is 1. The van der Waals surface area contributed by atoms with Crippen LogP contribution in [0.1, 0.15) is 42.9 Å². The van der Waals surface area contributed by atoms with Crippen molar-refractivity contribution < 1.29 is 13.2 Å². The molecular formula is C20H24N2O3S2. The van der Waals surface area contributed by atoms with E-state index in [0.29, 0.717) is 17.2 Å². The average molecular weight is 405 g/mol. The summed E-state index contributed by atoms with van der Waals surface area (Å²) < 4.78 is 27.4. The molecule has 1 aliphatic carbocycles. The first-order valence-electron chi connectivity index (χ1n) is 9.47. The minimum absolute atomic E-state index is 0.0252. The maximum atomic E-state index is 12.9. The number of carbonyl (C=O) groups is 1. The summed E-state index contributed by atoms with van der Waals surface area (Å²) in [6.07, 6.45) is 4.50. The Hall–Kier alpha value is -1.70. The molecule has 144 valence electrons. The predicted molar refractivity (Wildman–Crippen MR) is 106 cm³/mol. The van der Waals surface area contributed by atoms with Crippen LogP contribution in [-0.4, -0.2) is 31.7 Å². The lowest BCUT2D eigenvalue weighted by atomic mass is 9.87. The van der Waals surface area contributed by atoms with Crippen LogP contribution in [0.25, 0.3) is 0 Å². The lowest BCUT2D eigenvalue weighted by molar-refractivity contribution is -0.127. The molecule has 2 aromatic rings. The Bertz CT molecular complexity index is 909. The van der Waals surface area contributed by atoms with Crippen molar-refractivity contribution in [2.24, 2.45) is 5.92 Å². The number of hydrogen-bond donors (Lipinski definition) is 1. The number of hydrogen-bond acceptors (Lipinski definition) is 4. The first-order chi connectivity index (χ1) is 13.1. The van der Waals surface area contributed by atoms with E-state index in [0.717, 1.165) is 25.7 Å². The van der Waals surface area contributed by atoms with Crippen LogP contribution in [0.5, 0.6) is 0 Å². The fourth-order valence-electron chi connectivity index (χ4n) is 4.11. The molecule has 2 atom stereocenters. The zero-order valence-corrected chi connectivity index (χ0v) is 16.8. The largest absolute Gasteiger partial charge is 0.349 e. The fourth-order valence-corrected chi connectivity index (χ4v) is 6.77. The summed E-state index contributed by atoms with van der Waals surface area (Å²) in [5.74, 6) is -0.314. The number of rotatable bonds is 4. The van der Waals surface area contributed by atoms with Crippen LogP contribution in [0, 0.1) is 5.92 Å². The summed E-state index contributed by atoms with van der Waals surface area (Å²) in [6, 6.07) is 11.7. The molecule has 7 heteroatoms. The molecule has 1 aromatic heterocycles. The summed E-state index contributed by atoms with van der Waals surface area (Å²) in [6.45, 7) is 0.747. The number of benzene rings is 1. The Kier molecular flexibility index (Phi) is 5.34. The topological polar surface area (TPSA) is 66.5 Å². The van der Waals surface area contributed by atoms with Crippen molar-refractivity contribution in [2.75, 3.05) is 13.1 Å². The number of piperidine rings is 1. The smallest absolute Gasteiger partial charge is 0.252 e. The van der Waals surface area contributed by atoms with Gasteiger partial charge < -0.3 is 5.32 Å². The molecule has 1 amide bonds. The van der Waals surface area contributed by atoms with Gasteiger partial charge in [0.1, 0.15) is 4.21 Å². The van der Waals surface area contributed by atoms with Gasteiger partial charge in [0.25, 0.3) is 10.0 Å². The number of sulfonamides is 1. The first kappa shape index (κ1) is 18.7. The molecule has 0 saturated carbocycles. The van der Waals surface area contributed by atoms with E-state index in [1.54, 1.807) is 17.5 Å². The molecule has 0 bridgehead atoms. The second kappa shape index (κ2) is 7.73. The van der Waals surface area contributed by atoms with E-state index in [1.807, 2.05) is 12.1 Å². The van der Waals surface area contributed by atoms with Crippen LogP contribution in [0.2, 0.25) is 0 Å². The fraction of sp³-hybridized carbons (Fsp3) is 0.450. The van der Waals surface area contributed by atoms with Crippen LogP contribution < -0.4 is 5.32 Å². The molecule has 1 aliphatic heterocycles. The van der Waals surface area contributed by atoms with Gasteiger partial charge in [0, 0.05) is 13.1 Å². The van der Waals surface area contributed by atoms with Gasteiger partial charge in [0.2, 0.25) is 5.91 Å².